The van der Waals surface area contributed by atoms with Crippen molar-refractivity contribution in [1.29, 1.82) is 0 Å². The Bertz CT molecular complexity index is 941. The number of hydrogen-bond acceptors (Lipinski definition) is 6. The van der Waals surface area contributed by atoms with E-state index in [9.17, 15) is 9.18 Å². The van der Waals surface area contributed by atoms with Crippen molar-refractivity contribution in [3.63, 3.8) is 0 Å². The van der Waals surface area contributed by atoms with Gasteiger partial charge in [0.1, 0.15) is 24.0 Å². The standard InChI is InChI=1S/C20H21FN4O3.CH4/c21-15-4-6-16(7-5-15)25-20(22)18(13-24-25)19(27)14-2-1-3-17(12-14)28-11-9-23-8-10-26;/h1-7,12-13,23,26H,8-11,22H2;1H4. The summed E-state index contributed by atoms with van der Waals surface area (Å²) in [4.78, 5) is 12.8. The van der Waals surface area contributed by atoms with Crippen LogP contribution in [0.25, 0.3) is 5.69 Å². The van der Waals surface area contributed by atoms with Crippen molar-refractivity contribution < 1.29 is 19.0 Å². The van der Waals surface area contributed by atoms with Crippen molar-refractivity contribution >= 4 is 11.6 Å². The van der Waals surface area contributed by atoms with Crippen LogP contribution in [0.1, 0.15) is 23.3 Å². The first kappa shape index (κ1) is 22.1. The third kappa shape index (κ3) is 5.40. The number of nitrogens with zero attached hydrogens (tertiary/aromatic N) is 2. The highest BCUT2D eigenvalue weighted by atomic mass is 19.1. The van der Waals surface area contributed by atoms with Crippen LogP contribution in [-0.2, 0) is 0 Å². The molecule has 0 fully saturated rings. The highest BCUT2D eigenvalue weighted by Gasteiger charge is 2.18. The van der Waals surface area contributed by atoms with Gasteiger partial charge in [0, 0.05) is 18.7 Å². The van der Waals surface area contributed by atoms with Gasteiger partial charge >= 0.3 is 0 Å². The second kappa shape index (κ2) is 10.4. The van der Waals surface area contributed by atoms with Crippen molar-refractivity contribution in [2.24, 2.45) is 0 Å². The van der Waals surface area contributed by atoms with Crippen molar-refractivity contribution in [3.05, 3.63) is 71.7 Å². The van der Waals surface area contributed by atoms with Gasteiger partial charge in [-0.3, -0.25) is 4.79 Å². The summed E-state index contributed by atoms with van der Waals surface area (Å²) < 4.78 is 20.1. The molecule has 154 valence electrons. The van der Waals surface area contributed by atoms with Gasteiger partial charge in [-0.1, -0.05) is 19.6 Å². The molecule has 1 aromatic heterocycles. The summed E-state index contributed by atoms with van der Waals surface area (Å²) in [7, 11) is 0. The van der Waals surface area contributed by atoms with E-state index in [0.29, 0.717) is 36.7 Å². The summed E-state index contributed by atoms with van der Waals surface area (Å²) >= 11 is 0. The maximum Gasteiger partial charge on any atom is 0.198 e. The van der Waals surface area contributed by atoms with Gasteiger partial charge in [0.2, 0.25) is 0 Å². The van der Waals surface area contributed by atoms with Gasteiger partial charge < -0.3 is 20.9 Å². The zero-order chi connectivity index (χ0) is 19.9. The molecule has 0 saturated carbocycles. The maximum absolute atomic E-state index is 13.1. The minimum atomic E-state index is -0.367. The zero-order valence-corrected chi connectivity index (χ0v) is 15.1. The first-order valence-electron chi connectivity index (χ1n) is 8.78. The van der Waals surface area contributed by atoms with Crippen LogP contribution in [0, 0.1) is 5.82 Å². The molecule has 0 aliphatic heterocycles. The largest absolute Gasteiger partial charge is 0.492 e. The molecule has 2 aromatic carbocycles. The van der Waals surface area contributed by atoms with Crippen LogP contribution in [-0.4, -0.2) is 47.0 Å². The SMILES string of the molecule is C.Nc1c(C(=O)c2cccc(OCCNCCO)c2)cnn1-c1ccc(F)cc1. The Hall–Kier alpha value is -3.23. The molecule has 4 N–H and O–H groups in total. The number of hydrogen-bond donors (Lipinski definition) is 3. The molecule has 0 aliphatic rings. The lowest BCUT2D eigenvalue weighted by molar-refractivity contribution is 0.103. The van der Waals surface area contributed by atoms with E-state index >= 15 is 0 Å². The third-order valence-corrected chi connectivity index (χ3v) is 4.05. The molecule has 0 aliphatic carbocycles. The molecule has 7 nitrogen and oxygen atoms in total. The molecule has 0 spiro atoms. The predicted molar refractivity (Wildman–Crippen MR) is 110 cm³/mol. The number of nitrogens with one attached hydrogen (secondary N) is 1. The number of nitrogens with two attached hydrogens (primary N) is 1. The highest BCUT2D eigenvalue weighted by Crippen LogP contribution is 2.22. The molecule has 29 heavy (non-hydrogen) atoms. The Kier molecular flexibility index (Phi) is 7.88. The lowest BCUT2D eigenvalue weighted by Gasteiger charge is -2.08. The number of halogens is 1. The Balaban J connectivity index is 0.00000300. The normalized spacial score (nSPS) is 10.4. The molecular formula is C21H25FN4O3. The number of aliphatic hydroxyl groups excluding tert-OH is 1. The molecule has 0 amide bonds. The summed E-state index contributed by atoms with van der Waals surface area (Å²) in [6, 6.07) is 12.5. The minimum Gasteiger partial charge on any atom is -0.492 e. The number of carbonyl (C=O) groups excluding carboxylic acids is 1. The van der Waals surface area contributed by atoms with Gasteiger partial charge in [-0.25, -0.2) is 9.07 Å². The Morgan fingerprint density at radius 1 is 1.21 bits per heavy atom. The summed E-state index contributed by atoms with van der Waals surface area (Å²) in [5.74, 6) is 0.0844. The molecule has 0 atom stereocenters. The number of benzene rings is 2. The monoisotopic (exact) mass is 400 g/mol. The van der Waals surface area contributed by atoms with Gasteiger partial charge in [0.05, 0.1) is 24.1 Å². The quantitative estimate of drug-likeness (QED) is 0.377. The van der Waals surface area contributed by atoms with E-state index in [1.165, 1.54) is 35.1 Å². The maximum atomic E-state index is 13.1. The molecule has 1 heterocycles. The van der Waals surface area contributed by atoms with Gasteiger partial charge in [0.15, 0.2) is 5.78 Å². The lowest BCUT2D eigenvalue weighted by Crippen LogP contribution is -2.24. The van der Waals surface area contributed by atoms with Crippen LogP contribution < -0.4 is 15.8 Å². The molecule has 0 saturated heterocycles. The summed E-state index contributed by atoms with van der Waals surface area (Å²) in [6.07, 6.45) is 1.40. The van der Waals surface area contributed by atoms with Gasteiger partial charge in [-0.15, -0.1) is 0 Å². The first-order valence-corrected chi connectivity index (χ1v) is 8.78. The molecule has 0 bridgehead atoms. The van der Waals surface area contributed by atoms with E-state index in [2.05, 4.69) is 10.4 Å². The smallest absolute Gasteiger partial charge is 0.198 e. The van der Waals surface area contributed by atoms with Crippen LogP contribution in [0.5, 0.6) is 5.75 Å². The zero-order valence-electron chi connectivity index (χ0n) is 15.1. The van der Waals surface area contributed by atoms with Crippen molar-refractivity contribution in [2.75, 3.05) is 32.0 Å². The Labute approximate surface area is 168 Å². The van der Waals surface area contributed by atoms with Crippen LogP contribution in [0.3, 0.4) is 0 Å². The number of anilines is 1. The second-order valence-corrected chi connectivity index (χ2v) is 6.01. The number of ketones is 1. The number of nitrogen functional groups attached to an aromatic ring is 1. The van der Waals surface area contributed by atoms with E-state index in [1.54, 1.807) is 24.3 Å². The van der Waals surface area contributed by atoms with Crippen molar-refractivity contribution in [3.8, 4) is 11.4 Å². The van der Waals surface area contributed by atoms with Gasteiger partial charge in [-0.05, 0) is 36.4 Å². The average molecular weight is 400 g/mol. The summed E-state index contributed by atoms with van der Waals surface area (Å²) in [5.41, 5.74) is 7.34. The van der Waals surface area contributed by atoms with E-state index < -0.39 is 0 Å². The highest BCUT2D eigenvalue weighted by molar-refractivity contribution is 6.11. The Morgan fingerprint density at radius 2 is 1.97 bits per heavy atom. The minimum absolute atomic E-state index is 0. The fraction of sp³-hybridized carbons (Fsp3) is 0.238. The van der Waals surface area contributed by atoms with Crippen molar-refractivity contribution in [1.82, 2.24) is 15.1 Å². The molecule has 3 aromatic rings. The summed E-state index contributed by atoms with van der Waals surface area (Å²) in [5, 5.41) is 15.9. The van der Waals surface area contributed by atoms with Crippen LogP contribution in [0.4, 0.5) is 10.2 Å². The summed E-state index contributed by atoms with van der Waals surface area (Å²) in [6.45, 7) is 1.55. The fourth-order valence-electron chi connectivity index (χ4n) is 2.65. The topological polar surface area (TPSA) is 102 Å². The van der Waals surface area contributed by atoms with E-state index in [4.69, 9.17) is 15.6 Å². The lowest BCUT2D eigenvalue weighted by atomic mass is 10.1. The number of rotatable bonds is 9. The molecule has 8 heteroatoms. The first-order chi connectivity index (χ1) is 13.6. The molecule has 0 unspecified atom stereocenters. The second-order valence-electron chi connectivity index (χ2n) is 6.01. The molecule has 0 radical (unpaired) electrons. The van der Waals surface area contributed by atoms with Crippen LogP contribution in [0.15, 0.2) is 54.7 Å². The molecular weight excluding hydrogens is 375 g/mol. The van der Waals surface area contributed by atoms with Crippen molar-refractivity contribution in [2.45, 2.75) is 7.43 Å². The van der Waals surface area contributed by atoms with Gasteiger partial charge in [-0.2, -0.15) is 5.10 Å². The van der Waals surface area contributed by atoms with Crippen LogP contribution >= 0.6 is 0 Å². The Morgan fingerprint density at radius 3 is 2.69 bits per heavy atom. The molecule has 3 rings (SSSR count). The fourth-order valence-corrected chi connectivity index (χ4v) is 2.65. The number of aliphatic hydroxyl groups is 1. The number of ether oxygens (including phenoxy) is 1. The number of carbonyl (C=O) groups is 1. The predicted octanol–water partition coefficient (Wildman–Crippen LogP) is 2.42. The number of aromatic nitrogens is 2. The van der Waals surface area contributed by atoms with Gasteiger partial charge in [0.25, 0.3) is 0 Å². The van der Waals surface area contributed by atoms with E-state index in [0.717, 1.165) is 0 Å². The van der Waals surface area contributed by atoms with Crippen LogP contribution in [0.2, 0.25) is 0 Å². The van der Waals surface area contributed by atoms with E-state index in [1.807, 2.05) is 0 Å². The third-order valence-electron chi connectivity index (χ3n) is 4.05. The average Bonchev–Trinajstić information content (AvgIpc) is 3.09. The van der Waals surface area contributed by atoms with E-state index in [-0.39, 0.29) is 37.0 Å².